The molecule has 0 saturated carbocycles. The number of nitrogens with two attached hydrogens (primary N) is 1. The Morgan fingerprint density at radius 2 is 2.00 bits per heavy atom. The molecule has 3 heteroatoms. The zero-order chi connectivity index (χ0) is 7.44. The minimum Gasteiger partial charge on any atom is -0.401 e. The summed E-state index contributed by atoms with van der Waals surface area (Å²) in [6.45, 7) is 2.92. The summed E-state index contributed by atoms with van der Waals surface area (Å²) >= 11 is 5.45. The maximum atomic E-state index is 12.0. The molecule has 0 aliphatic carbocycles. The fourth-order valence-electron chi connectivity index (χ4n) is 0.288. The van der Waals surface area contributed by atoms with Gasteiger partial charge in [0.2, 0.25) is 0 Å². The standard InChI is InChI=1S/C6H9ClFN/c1-4(8)3-6(7)5(2)9/h3H,9H2,1-2H3/b4-3+,6-5-. The maximum Gasteiger partial charge on any atom is 0.0984 e. The molecule has 9 heavy (non-hydrogen) atoms. The molecule has 0 bridgehead atoms. The van der Waals surface area contributed by atoms with Crippen LogP contribution in [0.4, 0.5) is 4.39 Å². The Hall–Kier alpha value is -0.500. The minimum absolute atomic E-state index is 0.259. The van der Waals surface area contributed by atoms with Crippen LogP contribution in [0, 0.1) is 0 Å². The highest BCUT2D eigenvalue weighted by molar-refractivity contribution is 6.31. The van der Waals surface area contributed by atoms with Crippen molar-refractivity contribution in [3.05, 3.63) is 22.6 Å². The Kier molecular flexibility index (Phi) is 3.32. The Labute approximate surface area is 59.0 Å². The molecule has 52 valence electrons. The lowest BCUT2D eigenvalue weighted by molar-refractivity contribution is 0.640. The molecule has 0 atom stereocenters. The van der Waals surface area contributed by atoms with E-state index in [9.17, 15) is 4.39 Å². The first kappa shape index (κ1) is 8.50. The van der Waals surface area contributed by atoms with Crippen molar-refractivity contribution in [1.29, 1.82) is 0 Å². The summed E-state index contributed by atoms with van der Waals surface area (Å²) in [4.78, 5) is 0. The van der Waals surface area contributed by atoms with Crippen LogP contribution in [0.3, 0.4) is 0 Å². The first-order chi connectivity index (χ1) is 4.04. The van der Waals surface area contributed by atoms with E-state index in [0.29, 0.717) is 5.70 Å². The molecule has 0 aromatic heterocycles. The van der Waals surface area contributed by atoms with Crippen LogP contribution in [0.2, 0.25) is 0 Å². The molecule has 0 amide bonds. The molecule has 0 aliphatic heterocycles. The lowest BCUT2D eigenvalue weighted by atomic mass is 10.4. The van der Waals surface area contributed by atoms with Gasteiger partial charge in [-0.05, 0) is 19.9 Å². The van der Waals surface area contributed by atoms with Crippen LogP contribution in [0.1, 0.15) is 13.8 Å². The SMILES string of the molecule is C/C(N)=C(Cl)\C=C(/C)F. The topological polar surface area (TPSA) is 26.0 Å². The molecule has 0 radical (unpaired) electrons. The maximum absolute atomic E-state index is 12.0. The molecule has 0 saturated heterocycles. The van der Waals surface area contributed by atoms with E-state index in [4.69, 9.17) is 17.3 Å². The van der Waals surface area contributed by atoms with Crippen molar-refractivity contribution in [3.8, 4) is 0 Å². The van der Waals surface area contributed by atoms with E-state index in [1.807, 2.05) is 0 Å². The van der Waals surface area contributed by atoms with Crippen molar-refractivity contribution >= 4 is 11.6 Å². The predicted molar refractivity (Wildman–Crippen MR) is 37.6 cm³/mol. The summed E-state index contributed by atoms with van der Waals surface area (Å²) in [5.41, 5.74) is 5.65. The van der Waals surface area contributed by atoms with E-state index in [-0.39, 0.29) is 10.9 Å². The fraction of sp³-hybridized carbons (Fsp3) is 0.333. The first-order valence-electron chi connectivity index (χ1n) is 2.49. The largest absolute Gasteiger partial charge is 0.401 e. The molecule has 1 nitrogen and oxygen atoms in total. The normalized spacial score (nSPS) is 15.3. The van der Waals surface area contributed by atoms with E-state index in [2.05, 4.69) is 0 Å². The smallest absolute Gasteiger partial charge is 0.0984 e. The second-order valence-electron chi connectivity index (χ2n) is 1.76. The van der Waals surface area contributed by atoms with E-state index in [1.54, 1.807) is 6.92 Å². The third-order valence-corrected chi connectivity index (χ3v) is 1.11. The van der Waals surface area contributed by atoms with Gasteiger partial charge >= 0.3 is 0 Å². The second-order valence-corrected chi connectivity index (χ2v) is 2.17. The van der Waals surface area contributed by atoms with Crippen LogP contribution in [-0.2, 0) is 0 Å². The average molecular weight is 150 g/mol. The molecule has 0 spiro atoms. The zero-order valence-electron chi connectivity index (χ0n) is 5.41. The van der Waals surface area contributed by atoms with E-state index < -0.39 is 0 Å². The van der Waals surface area contributed by atoms with Crippen molar-refractivity contribution in [2.24, 2.45) is 5.73 Å². The van der Waals surface area contributed by atoms with Gasteiger partial charge in [-0.1, -0.05) is 11.6 Å². The van der Waals surface area contributed by atoms with E-state index >= 15 is 0 Å². The molecule has 0 fully saturated rings. The van der Waals surface area contributed by atoms with Crippen LogP contribution in [0.5, 0.6) is 0 Å². The highest BCUT2D eigenvalue weighted by atomic mass is 35.5. The summed E-state index contributed by atoms with van der Waals surface area (Å²) in [5, 5.41) is 0.259. The van der Waals surface area contributed by atoms with Crippen LogP contribution in [-0.4, -0.2) is 0 Å². The monoisotopic (exact) mass is 149 g/mol. The number of hydrogen-bond donors (Lipinski definition) is 1. The summed E-state index contributed by atoms with van der Waals surface area (Å²) in [6, 6.07) is 0. The van der Waals surface area contributed by atoms with E-state index in [0.717, 1.165) is 0 Å². The molecular weight excluding hydrogens is 141 g/mol. The van der Waals surface area contributed by atoms with Gasteiger partial charge in [0, 0.05) is 5.70 Å². The molecule has 2 N–H and O–H groups in total. The third-order valence-electron chi connectivity index (χ3n) is 0.702. The Morgan fingerprint density at radius 3 is 2.11 bits per heavy atom. The summed E-state index contributed by atoms with van der Waals surface area (Å²) in [6.07, 6.45) is 1.18. The van der Waals surface area contributed by atoms with Gasteiger partial charge in [0.25, 0.3) is 0 Å². The van der Waals surface area contributed by atoms with Crippen molar-refractivity contribution in [1.82, 2.24) is 0 Å². The summed E-state index contributed by atoms with van der Waals surface area (Å²) in [7, 11) is 0. The summed E-state index contributed by atoms with van der Waals surface area (Å²) < 4.78 is 12.0. The van der Waals surface area contributed by atoms with Crippen LogP contribution >= 0.6 is 11.6 Å². The van der Waals surface area contributed by atoms with Gasteiger partial charge in [0.05, 0.1) is 10.9 Å². The van der Waals surface area contributed by atoms with Gasteiger partial charge in [0.15, 0.2) is 0 Å². The van der Waals surface area contributed by atoms with Crippen LogP contribution < -0.4 is 5.73 Å². The molecule has 0 heterocycles. The van der Waals surface area contributed by atoms with E-state index in [1.165, 1.54) is 13.0 Å². The highest BCUT2D eigenvalue weighted by Crippen LogP contribution is 2.09. The lowest BCUT2D eigenvalue weighted by Crippen LogP contribution is -1.91. The number of hydrogen-bond acceptors (Lipinski definition) is 1. The quantitative estimate of drug-likeness (QED) is 0.569. The predicted octanol–water partition coefficient (Wildman–Crippen LogP) is 2.29. The van der Waals surface area contributed by atoms with Crippen molar-refractivity contribution in [3.63, 3.8) is 0 Å². The molecule has 0 rings (SSSR count). The molecule has 0 aromatic carbocycles. The first-order valence-corrected chi connectivity index (χ1v) is 2.87. The average Bonchev–Trinajstić information content (AvgIpc) is 1.63. The van der Waals surface area contributed by atoms with Gasteiger partial charge in [-0.3, -0.25) is 0 Å². The minimum atomic E-state index is -0.343. The summed E-state index contributed by atoms with van der Waals surface area (Å²) in [5.74, 6) is -0.343. The number of rotatable bonds is 1. The van der Waals surface area contributed by atoms with Crippen LogP contribution in [0.15, 0.2) is 22.6 Å². The van der Waals surface area contributed by atoms with Gasteiger partial charge in [-0.15, -0.1) is 0 Å². The van der Waals surface area contributed by atoms with Gasteiger partial charge < -0.3 is 5.73 Å². The lowest BCUT2D eigenvalue weighted by Gasteiger charge is -1.91. The van der Waals surface area contributed by atoms with Crippen molar-refractivity contribution in [2.75, 3.05) is 0 Å². The fourth-order valence-corrected chi connectivity index (χ4v) is 0.439. The molecule has 0 unspecified atom stereocenters. The number of halogens is 2. The van der Waals surface area contributed by atoms with Crippen molar-refractivity contribution < 1.29 is 4.39 Å². The molecule has 0 aromatic rings. The Bertz CT molecular complexity index is 152. The van der Waals surface area contributed by atoms with Gasteiger partial charge in [-0.25, -0.2) is 4.39 Å². The Balaban J connectivity index is 4.25. The second kappa shape index (κ2) is 3.51. The molecular formula is C6H9ClFN. The van der Waals surface area contributed by atoms with Gasteiger partial charge in [-0.2, -0.15) is 0 Å². The number of allylic oxidation sites excluding steroid dienone is 4. The van der Waals surface area contributed by atoms with Gasteiger partial charge in [0.1, 0.15) is 0 Å². The zero-order valence-corrected chi connectivity index (χ0v) is 6.17. The van der Waals surface area contributed by atoms with Crippen molar-refractivity contribution in [2.45, 2.75) is 13.8 Å². The van der Waals surface area contributed by atoms with Crippen LogP contribution in [0.25, 0.3) is 0 Å². The molecule has 0 aliphatic rings. The third kappa shape index (κ3) is 4.03. The highest BCUT2D eigenvalue weighted by Gasteiger charge is 1.90. The Morgan fingerprint density at radius 1 is 1.56 bits per heavy atom.